The Kier molecular flexibility index (Phi) is 3.67. The third-order valence-electron chi connectivity index (χ3n) is 3.52. The maximum absolute atomic E-state index is 12.1. The molecule has 3 rings (SSSR count). The number of amides is 1. The molecule has 0 N–H and O–H groups in total. The van der Waals surface area contributed by atoms with Crippen LogP contribution in [0.25, 0.3) is 10.8 Å². The summed E-state index contributed by atoms with van der Waals surface area (Å²) in [4.78, 5) is 17.7. The van der Waals surface area contributed by atoms with Gasteiger partial charge in [0.15, 0.2) is 0 Å². The number of aromatic nitrogens is 1. The summed E-state index contributed by atoms with van der Waals surface area (Å²) in [6.45, 7) is 0.0658. The van der Waals surface area contributed by atoms with Crippen molar-refractivity contribution >= 4 is 58.0 Å². The van der Waals surface area contributed by atoms with Crippen LogP contribution in [0.3, 0.4) is 0 Å². The molecule has 8 heteroatoms. The van der Waals surface area contributed by atoms with Crippen molar-refractivity contribution in [3.05, 3.63) is 35.1 Å². The van der Waals surface area contributed by atoms with Gasteiger partial charge in [-0.2, -0.15) is 0 Å². The molecule has 110 valence electrons. The first-order valence-corrected chi connectivity index (χ1v) is 9.30. The number of pyridine rings is 1. The van der Waals surface area contributed by atoms with Gasteiger partial charge in [-0.1, -0.05) is 15.9 Å². The van der Waals surface area contributed by atoms with Gasteiger partial charge >= 0.3 is 0 Å². The van der Waals surface area contributed by atoms with E-state index in [1.54, 1.807) is 18.5 Å². The van der Waals surface area contributed by atoms with E-state index < -0.39 is 14.3 Å². The van der Waals surface area contributed by atoms with E-state index in [1.807, 2.05) is 12.1 Å². The van der Waals surface area contributed by atoms with Crippen molar-refractivity contribution in [3.63, 3.8) is 0 Å². The number of rotatable bonds is 2. The molecule has 1 saturated heterocycles. The molecule has 2 aromatic rings. The molecule has 1 fully saturated rings. The second-order valence-corrected chi connectivity index (χ2v) is 8.56. The molecule has 0 bridgehead atoms. The molecule has 2 heterocycles. The van der Waals surface area contributed by atoms with Gasteiger partial charge in [0, 0.05) is 51.3 Å². The minimum Gasteiger partial charge on any atom is -0.310 e. The van der Waals surface area contributed by atoms with Crippen LogP contribution in [0.2, 0.25) is 0 Å². The predicted octanol–water partition coefficient (Wildman–Crippen LogP) is 2.67. The van der Waals surface area contributed by atoms with Crippen LogP contribution >= 0.6 is 26.6 Å². The predicted molar refractivity (Wildman–Crippen MR) is 85.0 cm³/mol. The Morgan fingerprint density at radius 3 is 2.71 bits per heavy atom. The first kappa shape index (κ1) is 14.7. The summed E-state index contributed by atoms with van der Waals surface area (Å²) >= 11 is 3.45. The zero-order valence-electron chi connectivity index (χ0n) is 10.7. The van der Waals surface area contributed by atoms with Gasteiger partial charge in [-0.15, -0.1) is 0 Å². The minimum atomic E-state index is -3.75. The third-order valence-corrected chi connectivity index (χ3v) is 6.08. The van der Waals surface area contributed by atoms with Crippen molar-refractivity contribution in [2.45, 2.75) is 11.7 Å². The van der Waals surface area contributed by atoms with Crippen molar-refractivity contribution in [1.29, 1.82) is 0 Å². The highest BCUT2D eigenvalue weighted by Crippen LogP contribution is 2.35. The van der Waals surface area contributed by atoms with Gasteiger partial charge in [-0.05, 0) is 18.2 Å². The molecule has 1 aromatic carbocycles. The summed E-state index contributed by atoms with van der Waals surface area (Å²) in [7, 11) is 1.62. The number of hydrogen-bond acceptors (Lipinski definition) is 4. The Morgan fingerprint density at radius 2 is 2.05 bits per heavy atom. The largest absolute Gasteiger partial charge is 0.310 e. The molecule has 1 aliphatic rings. The number of carbonyl (C=O) groups excluding carboxylic acids is 1. The van der Waals surface area contributed by atoms with Crippen molar-refractivity contribution < 1.29 is 13.2 Å². The van der Waals surface area contributed by atoms with Crippen LogP contribution in [0.4, 0.5) is 5.69 Å². The lowest BCUT2D eigenvalue weighted by Crippen LogP contribution is -2.26. The van der Waals surface area contributed by atoms with E-state index in [2.05, 4.69) is 20.9 Å². The van der Waals surface area contributed by atoms with Crippen LogP contribution in [0.15, 0.2) is 35.1 Å². The first-order valence-electron chi connectivity index (χ1n) is 6.14. The monoisotopic (exact) mass is 388 g/mol. The fourth-order valence-electron chi connectivity index (χ4n) is 2.47. The van der Waals surface area contributed by atoms with E-state index in [0.29, 0.717) is 5.69 Å². The third kappa shape index (κ3) is 2.65. The standard InChI is InChI=1S/C13H10BrClN2O3S/c14-11-1-2-12(10-6-16-4-3-9(10)11)17-7-8(5-13(17)18)21(15,19)20/h1-4,6,8H,5,7H2. The quantitative estimate of drug-likeness (QED) is 0.741. The molecule has 0 saturated carbocycles. The molecular formula is C13H10BrClN2O3S. The average molecular weight is 390 g/mol. The molecule has 1 atom stereocenters. The lowest BCUT2D eigenvalue weighted by Gasteiger charge is -2.18. The van der Waals surface area contributed by atoms with Crippen molar-refractivity contribution in [2.24, 2.45) is 0 Å². The van der Waals surface area contributed by atoms with Gasteiger partial charge in [-0.3, -0.25) is 9.78 Å². The van der Waals surface area contributed by atoms with E-state index >= 15 is 0 Å². The Balaban J connectivity index is 2.10. The topological polar surface area (TPSA) is 67.3 Å². The zero-order chi connectivity index (χ0) is 15.2. The van der Waals surface area contributed by atoms with Gasteiger partial charge in [0.2, 0.25) is 15.0 Å². The smallest absolute Gasteiger partial charge is 0.237 e. The van der Waals surface area contributed by atoms with Crippen molar-refractivity contribution in [3.8, 4) is 0 Å². The minimum absolute atomic E-state index is 0.0658. The van der Waals surface area contributed by atoms with Gasteiger partial charge in [0.1, 0.15) is 5.25 Å². The van der Waals surface area contributed by atoms with Crippen molar-refractivity contribution in [2.75, 3.05) is 11.4 Å². The van der Waals surface area contributed by atoms with Crippen LogP contribution in [0.5, 0.6) is 0 Å². The van der Waals surface area contributed by atoms with Crippen LogP contribution in [0.1, 0.15) is 6.42 Å². The molecule has 0 radical (unpaired) electrons. The van der Waals surface area contributed by atoms with Gasteiger partial charge in [-0.25, -0.2) is 8.42 Å². The molecule has 0 spiro atoms. The average Bonchev–Trinajstić information content (AvgIpc) is 2.82. The van der Waals surface area contributed by atoms with Gasteiger partial charge in [0.25, 0.3) is 0 Å². The normalized spacial score (nSPS) is 19.4. The van der Waals surface area contributed by atoms with E-state index in [9.17, 15) is 13.2 Å². The second-order valence-electron chi connectivity index (χ2n) is 4.79. The maximum Gasteiger partial charge on any atom is 0.237 e. The highest BCUT2D eigenvalue weighted by Gasteiger charge is 2.38. The molecule has 1 aromatic heterocycles. The number of anilines is 1. The number of nitrogens with zero attached hydrogens (tertiary/aromatic N) is 2. The van der Waals surface area contributed by atoms with Crippen LogP contribution in [0, 0.1) is 0 Å². The van der Waals surface area contributed by atoms with Crippen LogP contribution < -0.4 is 4.90 Å². The Morgan fingerprint density at radius 1 is 1.29 bits per heavy atom. The summed E-state index contributed by atoms with van der Waals surface area (Å²) in [5.74, 6) is -0.253. The Hall–Kier alpha value is -1.18. The van der Waals surface area contributed by atoms with E-state index in [4.69, 9.17) is 10.7 Å². The number of halogens is 2. The SMILES string of the molecule is O=C1CC(S(=O)(=O)Cl)CN1c1ccc(Br)c2ccncc12. The second kappa shape index (κ2) is 5.23. The summed E-state index contributed by atoms with van der Waals surface area (Å²) < 4.78 is 23.8. The molecule has 1 amide bonds. The molecule has 1 aliphatic heterocycles. The highest BCUT2D eigenvalue weighted by atomic mass is 79.9. The number of fused-ring (bicyclic) bond motifs is 1. The zero-order valence-corrected chi connectivity index (χ0v) is 13.8. The van der Waals surface area contributed by atoms with E-state index in [1.165, 1.54) is 4.90 Å². The highest BCUT2D eigenvalue weighted by molar-refractivity contribution is 9.10. The van der Waals surface area contributed by atoms with E-state index in [0.717, 1.165) is 15.2 Å². The van der Waals surface area contributed by atoms with Gasteiger partial charge in [0.05, 0.1) is 5.69 Å². The molecular weight excluding hydrogens is 380 g/mol. The van der Waals surface area contributed by atoms with Gasteiger partial charge < -0.3 is 4.90 Å². The van der Waals surface area contributed by atoms with Crippen LogP contribution in [-0.2, 0) is 13.8 Å². The van der Waals surface area contributed by atoms with E-state index in [-0.39, 0.29) is 18.9 Å². The molecule has 21 heavy (non-hydrogen) atoms. The number of carbonyl (C=O) groups is 1. The number of hydrogen-bond donors (Lipinski definition) is 0. The molecule has 1 unspecified atom stereocenters. The fraction of sp³-hybridized carbons (Fsp3) is 0.231. The molecule has 0 aliphatic carbocycles. The number of benzene rings is 1. The lowest BCUT2D eigenvalue weighted by atomic mass is 10.1. The Bertz CT molecular complexity index is 840. The summed E-state index contributed by atoms with van der Waals surface area (Å²) in [5.41, 5.74) is 0.647. The maximum atomic E-state index is 12.1. The van der Waals surface area contributed by atoms with Crippen molar-refractivity contribution in [1.82, 2.24) is 4.98 Å². The summed E-state index contributed by atoms with van der Waals surface area (Å²) in [6.07, 6.45) is 3.23. The Labute approximate surface area is 134 Å². The summed E-state index contributed by atoms with van der Waals surface area (Å²) in [6, 6.07) is 5.43. The molecule has 5 nitrogen and oxygen atoms in total. The fourth-order valence-corrected chi connectivity index (χ4v) is 3.97. The summed E-state index contributed by atoms with van der Waals surface area (Å²) in [5, 5.41) is 0.822. The lowest BCUT2D eigenvalue weighted by molar-refractivity contribution is -0.117. The van der Waals surface area contributed by atoms with Crippen LogP contribution in [-0.4, -0.2) is 31.1 Å². The first-order chi connectivity index (χ1) is 9.88.